The fourth-order valence-electron chi connectivity index (χ4n) is 0. The molecule has 0 amide bonds. The third kappa shape index (κ3) is 254. The fourth-order valence-corrected chi connectivity index (χ4v) is 0. The summed E-state index contributed by atoms with van der Waals surface area (Å²) in [6, 6.07) is 0. The van der Waals surface area contributed by atoms with E-state index in [4.69, 9.17) is 4.79 Å². The Labute approximate surface area is 29.7 Å². The van der Waals surface area contributed by atoms with Gasteiger partial charge in [0.15, 0.2) is 0 Å². The van der Waals surface area contributed by atoms with Crippen LogP contribution in [-0.4, -0.2) is 6.79 Å². The van der Waals surface area contributed by atoms with E-state index in [1.165, 1.54) is 0 Å². The zero-order chi connectivity index (χ0) is 4.00. The zero-order valence-electron chi connectivity index (χ0n) is 2.07. The molecule has 0 aliphatic rings. The smallest absolute Gasteiger partial charge is 0.106 e. The molecule has 3 heteroatoms. The summed E-state index contributed by atoms with van der Waals surface area (Å²) < 4.78 is 0. The SMILES string of the molecule is C=O.NCl. The maximum atomic E-state index is 8.00. The van der Waals surface area contributed by atoms with E-state index >= 15 is 0 Å². The van der Waals surface area contributed by atoms with Crippen molar-refractivity contribution < 1.29 is 4.79 Å². The molecular weight excluding hydrogens is 77.5 g/mol. The van der Waals surface area contributed by atoms with Crippen molar-refractivity contribution in [2.24, 2.45) is 5.25 Å². The Bertz CT molecular complexity index is 8.00. The lowest BCUT2D eigenvalue weighted by molar-refractivity contribution is -0.0979. The van der Waals surface area contributed by atoms with Crippen LogP contribution in [0, 0.1) is 0 Å². The Morgan fingerprint density at radius 2 is 1.50 bits per heavy atom. The topological polar surface area (TPSA) is 43.1 Å². The third-order valence-electron chi connectivity index (χ3n) is 0. The van der Waals surface area contributed by atoms with Crippen LogP contribution in [0.1, 0.15) is 0 Å². The van der Waals surface area contributed by atoms with Crippen LogP contribution >= 0.6 is 11.8 Å². The van der Waals surface area contributed by atoms with Crippen molar-refractivity contribution in [2.45, 2.75) is 0 Å². The lowest BCUT2D eigenvalue weighted by Crippen LogP contribution is -1.48. The standard InChI is InChI=1S/CH2O.ClH2N/c2*1-2/h1H2;2H2. The van der Waals surface area contributed by atoms with E-state index < -0.39 is 0 Å². The van der Waals surface area contributed by atoms with Crippen LogP contribution in [-0.2, 0) is 4.79 Å². The van der Waals surface area contributed by atoms with Crippen LogP contribution in [0.2, 0.25) is 0 Å². The Balaban J connectivity index is 0. The van der Waals surface area contributed by atoms with E-state index in [2.05, 4.69) is 17.0 Å². The Morgan fingerprint density at radius 3 is 1.50 bits per heavy atom. The largest absolute Gasteiger partial charge is 0.307 e. The molecule has 26 valence electrons. The highest BCUT2D eigenvalue weighted by Crippen LogP contribution is 1.15. The maximum absolute atomic E-state index is 8.00. The highest BCUT2D eigenvalue weighted by molar-refractivity contribution is 6.11. The molecule has 2 N–H and O–H groups in total. The van der Waals surface area contributed by atoms with E-state index in [1.54, 1.807) is 0 Å². The van der Waals surface area contributed by atoms with Crippen LogP contribution in [0.5, 0.6) is 0 Å². The van der Waals surface area contributed by atoms with Gasteiger partial charge in [0.1, 0.15) is 6.79 Å². The highest BCUT2D eigenvalue weighted by Gasteiger charge is 0.868. The molecule has 0 atom stereocenters. The number of carbonyl (C=O) groups is 1. The van der Waals surface area contributed by atoms with Gasteiger partial charge < -0.3 is 4.79 Å². The predicted octanol–water partition coefficient (Wildman–Crippen LogP) is -0.0860. The van der Waals surface area contributed by atoms with Gasteiger partial charge in [-0.25, -0.2) is 5.25 Å². The highest BCUT2D eigenvalue weighted by atomic mass is 35.5. The number of hydrogen-bond donors (Lipinski definition) is 1. The van der Waals surface area contributed by atoms with Crippen molar-refractivity contribution >= 4 is 18.6 Å². The summed E-state index contributed by atoms with van der Waals surface area (Å²) in [5.74, 6) is 0. The van der Waals surface area contributed by atoms with E-state index in [0.29, 0.717) is 0 Å². The summed E-state index contributed by atoms with van der Waals surface area (Å²) in [6.45, 7) is 2.00. The van der Waals surface area contributed by atoms with Gasteiger partial charge in [0.25, 0.3) is 0 Å². The molecule has 0 fully saturated rings. The second kappa shape index (κ2) is 1680. The monoisotopic (exact) mass is 81.0 g/mol. The number of halogens is 1. The van der Waals surface area contributed by atoms with E-state index in [0.717, 1.165) is 0 Å². The molecule has 0 bridgehead atoms. The molecule has 0 unspecified atom stereocenters. The van der Waals surface area contributed by atoms with Gasteiger partial charge in [-0.3, -0.25) is 0 Å². The van der Waals surface area contributed by atoms with Gasteiger partial charge in [-0.05, 0) is 11.8 Å². The predicted molar refractivity (Wildman–Crippen MR) is 17.2 cm³/mol. The minimum Gasteiger partial charge on any atom is -0.307 e. The van der Waals surface area contributed by atoms with Gasteiger partial charge in [-0.2, -0.15) is 0 Å². The molecule has 4 heavy (non-hydrogen) atoms. The maximum Gasteiger partial charge on any atom is 0.106 e. The van der Waals surface area contributed by atoms with Crippen molar-refractivity contribution in [3.05, 3.63) is 0 Å². The Kier molecular flexibility index (Phi) is 3810. The van der Waals surface area contributed by atoms with Crippen LogP contribution in [0.15, 0.2) is 0 Å². The van der Waals surface area contributed by atoms with Crippen molar-refractivity contribution in [2.75, 3.05) is 0 Å². The van der Waals surface area contributed by atoms with Crippen molar-refractivity contribution in [1.82, 2.24) is 0 Å². The molecule has 0 heterocycles. The second-order valence-corrected chi connectivity index (χ2v) is 0. The first-order valence-corrected chi connectivity index (χ1v) is 0.943. The molecule has 0 aromatic carbocycles. The molecule has 2 nitrogen and oxygen atoms in total. The average molecular weight is 81.5 g/mol. The van der Waals surface area contributed by atoms with Gasteiger partial charge in [0.2, 0.25) is 0 Å². The second-order valence-electron chi connectivity index (χ2n) is 0. The average Bonchev–Trinajstić information content (AvgIpc) is 1.50. The summed E-state index contributed by atoms with van der Waals surface area (Å²) in [5.41, 5.74) is 0. The Hall–Kier alpha value is -0.0800. The van der Waals surface area contributed by atoms with Gasteiger partial charge >= 0.3 is 0 Å². The molecule has 0 rings (SSSR count). The van der Waals surface area contributed by atoms with E-state index in [9.17, 15) is 0 Å². The molecule has 0 saturated carbocycles. The summed E-state index contributed by atoms with van der Waals surface area (Å²) in [6.07, 6.45) is 0. The normalized spacial score (nSPS) is 2.50. The third-order valence-corrected chi connectivity index (χ3v) is 0. The molecule has 0 spiro atoms. The van der Waals surface area contributed by atoms with Crippen molar-refractivity contribution in [3.63, 3.8) is 0 Å². The number of carbonyl (C=O) groups excluding carboxylic acids is 1. The minimum absolute atomic E-state index is 2.00. The number of nitrogens with two attached hydrogens (primary N) is 1. The Morgan fingerprint density at radius 1 is 1.50 bits per heavy atom. The number of hydrogen-bond acceptors (Lipinski definition) is 2. The summed E-state index contributed by atoms with van der Waals surface area (Å²) >= 11 is 4.14. The summed E-state index contributed by atoms with van der Waals surface area (Å²) in [5, 5.41) is 3.97. The lowest BCUT2D eigenvalue weighted by Gasteiger charge is -1.14. The first-order chi connectivity index (χ1) is 2.00. The molecule has 0 radical (unpaired) electrons. The van der Waals surface area contributed by atoms with Crippen LogP contribution in [0.3, 0.4) is 0 Å². The van der Waals surface area contributed by atoms with Gasteiger partial charge in [0, 0.05) is 0 Å². The van der Waals surface area contributed by atoms with E-state index in [-0.39, 0.29) is 0 Å². The van der Waals surface area contributed by atoms with E-state index in [1.807, 2.05) is 6.79 Å². The molecule has 0 saturated heterocycles. The molecule has 0 aromatic heterocycles. The molecule has 0 aliphatic carbocycles. The first-order valence-electron chi connectivity index (χ1n) is 0.507. The zero-order valence-corrected chi connectivity index (χ0v) is 2.83. The minimum atomic E-state index is 2.00. The van der Waals surface area contributed by atoms with Crippen molar-refractivity contribution in [1.29, 1.82) is 0 Å². The quantitative estimate of drug-likeness (QED) is 0.414. The fraction of sp³-hybridized carbons (Fsp3) is 0. The number of rotatable bonds is 0. The van der Waals surface area contributed by atoms with Gasteiger partial charge in [0.05, 0.1) is 0 Å². The molecule has 0 aromatic rings. The van der Waals surface area contributed by atoms with Crippen LogP contribution < -0.4 is 5.25 Å². The first kappa shape index (κ1) is 9.07. The van der Waals surface area contributed by atoms with Gasteiger partial charge in [-0.1, -0.05) is 0 Å². The summed E-state index contributed by atoms with van der Waals surface area (Å²) in [4.78, 5) is 8.00. The molecular formula is CH4ClNO. The van der Waals surface area contributed by atoms with Crippen LogP contribution in [0.25, 0.3) is 0 Å². The van der Waals surface area contributed by atoms with Crippen molar-refractivity contribution in [3.8, 4) is 0 Å². The lowest BCUT2D eigenvalue weighted by atomic mass is 11.9. The molecule has 0 aliphatic heterocycles. The summed E-state index contributed by atoms with van der Waals surface area (Å²) in [7, 11) is 0. The van der Waals surface area contributed by atoms with Crippen LogP contribution in [0.4, 0.5) is 0 Å². The van der Waals surface area contributed by atoms with Gasteiger partial charge in [-0.15, -0.1) is 0 Å².